The van der Waals surface area contributed by atoms with Crippen LogP contribution < -0.4 is 5.48 Å². The highest BCUT2D eigenvalue weighted by Gasteiger charge is 2.49. The zero-order valence-corrected chi connectivity index (χ0v) is 7.90. The Balaban J connectivity index is 2.03. The topological polar surface area (TPSA) is 30.5 Å². The Hall–Kier alpha value is -0.900. The fraction of sp³-hybridized carbons (Fsp3) is 0.455. The standard InChI is InChI=1S/C11H13NO2/c1-2-4-9(5-3-1)11-8-13-6-10(11)7-14-12-11/h1-5,10,12H,6-8H2/t10-,11+/m1/s1. The number of nitrogens with one attached hydrogen (secondary N) is 1. The highest BCUT2D eigenvalue weighted by atomic mass is 16.7. The maximum atomic E-state index is 5.53. The molecule has 2 aliphatic rings. The lowest BCUT2D eigenvalue weighted by Gasteiger charge is -2.25. The lowest BCUT2D eigenvalue weighted by atomic mass is 9.83. The molecule has 2 heterocycles. The van der Waals surface area contributed by atoms with Gasteiger partial charge in [0.05, 0.1) is 25.4 Å². The van der Waals surface area contributed by atoms with Crippen molar-refractivity contribution in [2.75, 3.05) is 19.8 Å². The van der Waals surface area contributed by atoms with Crippen LogP contribution in [0.2, 0.25) is 0 Å². The molecule has 2 atom stereocenters. The smallest absolute Gasteiger partial charge is 0.0986 e. The van der Waals surface area contributed by atoms with Gasteiger partial charge in [0.25, 0.3) is 0 Å². The zero-order valence-electron chi connectivity index (χ0n) is 7.90. The Morgan fingerprint density at radius 2 is 2.07 bits per heavy atom. The molecular weight excluding hydrogens is 178 g/mol. The van der Waals surface area contributed by atoms with Crippen LogP contribution in [-0.4, -0.2) is 19.8 Å². The lowest BCUT2D eigenvalue weighted by Crippen LogP contribution is -2.41. The molecule has 14 heavy (non-hydrogen) atoms. The third-order valence-electron chi connectivity index (χ3n) is 3.17. The highest BCUT2D eigenvalue weighted by molar-refractivity contribution is 5.27. The van der Waals surface area contributed by atoms with Gasteiger partial charge < -0.3 is 9.57 Å². The van der Waals surface area contributed by atoms with Crippen molar-refractivity contribution in [3.8, 4) is 0 Å². The van der Waals surface area contributed by atoms with Crippen molar-refractivity contribution in [2.45, 2.75) is 5.54 Å². The third kappa shape index (κ3) is 1.03. The monoisotopic (exact) mass is 191 g/mol. The van der Waals surface area contributed by atoms with E-state index < -0.39 is 0 Å². The average molecular weight is 191 g/mol. The van der Waals surface area contributed by atoms with Crippen molar-refractivity contribution in [1.29, 1.82) is 0 Å². The highest BCUT2D eigenvalue weighted by Crippen LogP contribution is 2.38. The van der Waals surface area contributed by atoms with Crippen LogP contribution >= 0.6 is 0 Å². The van der Waals surface area contributed by atoms with Gasteiger partial charge in [0.15, 0.2) is 0 Å². The molecule has 0 spiro atoms. The predicted octanol–water partition coefficient (Wildman–Crippen LogP) is 1.06. The van der Waals surface area contributed by atoms with Crippen molar-refractivity contribution < 1.29 is 9.57 Å². The minimum Gasteiger partial charge on any atom is -0.379 e. The molecule has 3 heteroatoms. The Morgan fingerprint density at radius 3 is 2.93 bits per heavy atom. The van der Waals surface area contributed by atoms with Crippen LogP contribution in [0.5, 0.6) is 0 Å². The molecule has 0 saturated carbocycles. The van der Waals surface area contributed by atoms with Crippen molar-refractivity contribution >= 4 is 0 Å². The number of benzene rings is 1. The molecule has 0 aromatic heterocycles. The molecule has 0 bridgehead atoms. The van der Waals surface area contributed by atoms with Crippen molar-refractivity contribution in [3.05, 3.63) is 35.9 Å². The Kier molecular flexibility index (Phi) is 1.83. The molecule has 3 rings (SSSR count). The minimum absolute atomic E-state index is 0.0960. The number of hydroxylamine groups is 1. The molecule has 1 aromatic rings. The van der Waals surface area contributed by atoms with Gasteiger partial charge in [-0.25, -0.2) is 0 Å². The summed E-state index contributed by atoms with van der Waals surface area (Å²) in [5.74, 6) is 0.449. The van der Waals surface area contributed by atoms with Gasteiger partial charge in [-0.3, -0.25) is 0 Å². The Morgan fingerprint density at radius 1 is 1.21 bits per heavy atom. The molecule has 0 radical (unpaired) electrons. The van der Waals surface area contributed by atoms with Crippen LogP contribution in [0.4, 0.5) is 0 Å². The van der Waals surface area contributed by atoms with Crippen LogP contribution in [0.25, 0.3) is 0 Å². The summed E-state index contributed by atoms with van der Waals surface area (Å²) in [5, 5.41) is 0. The normalized spacial score (nSPS) is 35.9. The minimum atomic E-state index is -0.0960. The van der Waals surface area contributed by atoms with E-state index in [9.17, 15) is 0 Å². The van der Waals surface area contributed by atoms with Crippen LogP contribution in [-0.2, 0) is 15.1 Å². The quantitative estimate of drug-likeness (QED) is 0.720. The molecule has 1 N–H and O–H groups in total. The summed E-state index contributed by atoms with van der Waals surface area (Å²) in [5.41, 5.74) is 4.29. The third-order valence-corrected chi connectivity index (χ3v) is 3.17. The first-order chi connectivity index (χ1) is 6.92. The molecule has 2 aliphatic heterocycles. The number of hydrogen-bond acceptors (Lipinski definition) is 3. The first-order valence-electron chi connectivity index (χ1n) is 4.94. The van der Waals surface area contributed by atoms with Gasteiger partial charge in [0.2, 0.25) is 0 Å². The van der Waals surface area contributed by atoms with Crippen molar-refractivity contribution in [3.63, 3.8) is 0 Å². The van der Waals surface area contributed by atoms with E-state index in [0.29, 0.717) is 12.5 Å². The van der Waals surface area contributed by atoms with E-state index in [1.165, 1.54) is 5.56 Å². The molecule has 2 saturated heterocycles. The summed E-state index contributed by atoms with van der Waals surface area (Å²) >= 11 is 0. The summed E-state index contributed by atoms with van der Waals surface area (Å²) in [6, 6.07) is 10.4. The largest absolute Gasteiger partial charge is 0.379 e. The van der Waals surface area contributed by atoms with Crippen molar-refractivity contribution in [1.82, 2.24) is 5.48 Å². The van der Waals surface area contributed by atoms with Gasteiger partial charge in [0.1, 0.15) is 0 Å². The van der Waals surface area contributed by atoms with E-state index in [1.54, 1.807) is 0 Å². The molecule has 3 nitrogen and oxygen atoms in total. The first kappa shape index (κ1) is 8.41. The number of ether oxygens (including phenoxy) is 1. The fourth-order valence-electron chi connectivity index (χ4n) is 2.31. The SMILES string of the molecule is c1ccc([C@@]23COC[C@@H]2CON3)cc1. The lowest BCUT2D eigenvalue weighted by molar-refractivity contribution is 0.0251. The number of fused-ring (bicyclic) bond motifs is 1. The fourth-order valence-corrected chi connectivity index (χ4v) is 2.31. The van der Waals surface area contributed by atoms with E-state index in [1.807, 2.05) is 6.07 Å². The molecule has 2 fully saturated rings. The molecule has 0 amide bonds. The van der Waals surface area contributed by atoms with Gasteiger partial charge in [-0.1, -0.05) is 30.3 Å². The van der Waals surface area contributed by atoms with E-state index in [4.69, 9.17) is 9.57 Å². The first-order valence-corrected chi connectivity index (χ1v) is 4.94. The second-order valence-corrected chi connectivity index (χ2v) is 3.96. The molecular formula is C11H13NO2. The van der Waals surface area contributed by atoms with Gasteiger partial charge >= 0.3 is 0 Å². The Labute approximate surface area is 83.0 Å². The second-order valence-electron chi connectivity index (χ2n) is 3.96. The summed E-state index contributed by atoms with van der Waals surface area (Å²) in [6.45, 7) is 2.25. The summed E-state index contributed by atoms with van der Waals surface area (Å²) in [6.07, 6.45) is 0. The van der Waals surface area contributed by atoms with Gasteiger partial charge in [-0.05, 0) is 5.56 Å². The van der Waals surface area contributed by atoms with Crippen LogP contribution in [0.1, 0.15) is 5.56 Å². The van der Waals surface area contributed by atoms with E-state index >= 15 is 0 Å². The van der Waals surface area contributed by atoms with E-state index in [2.05, 4.69) is 29.7 Å². The maximum absolute atomic E-state index is 5.53. The number of hydrogen-bond donors (Lipinski definition) is 1. The summed E-state index contributed by atoms with van der Waals surface area (Å²) in [4.78, 5) is 5.34. The van der Waals surface area contributed by atoms with Crippen LogP contribution in [0, 0.1) is 5.92 Å². The van der Waals surface area contributed by atoms with Gasteiger partial charge in [0, 0.05) is 5.92 Å². The second kappa shape index (κ2) is 3.05. The van der Waals surface area contributed by atoms with Gasteiger partial charge in [-0.15, -0.1) is 0 Å². The molecule has 0 aliphatic carbocycles. The number of rotatable bonds is 1. The van der Waals surface area contributed by atoms with Crippen LogP contribution in [0.15, 0.2) is 30.3 Å². The Bertz CT molecular complexity index is 315. The van der Waals surface area contributed by atoms with Crippen LogP contribution in [0.3, 0.4) is 0 Å². The van der Waals surface area contributed by atoms with E-state index in [-0.39, 0.29) is 5.54 Å². The zero-order chi connectivity index (χ0) is 9.43. The summed E-state index contributed by atoms with van der Waals surface area (Å²) < 4.78 is 5.53. The molecule has 1 aromatic carbocycles. The van der Waals surface area contributed by atoms with E-state index in [0.717, 1.165) is 13.2 Å². The average Bonchev–Trinajstić information content (AvgIpc) is 2.77. The molecule has 0 unspecified atom stereocenters. The predicted molar refractivity (Wildman–Crippen MR) is 51.5 cm³/mol. The van der Waals surface area contributed by atoms with Crippen molar-refractivity contribution in [2.24, 2.45) is 5.92 Å². The maximum Gasteiger partial charge on any atom is 0.0986 e. The van der Waals surface area contributed by atoms with Gasteiger partial charge in [-0.2, -0.15) is 5.48 Å². The molecule has 74 valence electrons. The summed E-state index contributed by atoms with van der Waals surface area (Å²) in [7, 11) is 0.